The molecular formula is C10H10O3. The minimum absolute atomic E-state index is 0.0242. The molecule has 1 aromatic heterocycles. The van der Waals surface area contributed by atoms with Crippen molar-refractivity contribution in [1.82, 2.24) is 0 Å². The van der Waals surface area contributed by atoms with E-state index < -0.39 is 6.10 Å². The first-order valence-corrected chi connectivity index (χ1v) is 4.21. The first-order valence-electron chi connectivity index (χ1n) is 4.21. The van der Waals surface area contributed by atoms with Crippen molar-refractivity contribution in [2.45, 2.75) is 12.5 Å². The molecule has 1 aromatic rings. The second-order valence-electron chi connectivity index (χ2n) is 3.11. The van der Waals surface area contributed by atoms with Crippen molar-refractivity contribution in [3.63, 3.8) is 0 Å². The minimum Gasteiger partial charge on any atom is -0.467 e. The number of allylic oxidation sites excluding steroid dienone is 2. The van der Waals surface area contributed by atoms with Crippen molar-refractivity contribution in [3.8, 4) is 0 Å². The fourth-order valence-corrected chi connectivity index (χ4v) is 1.51. The van der Waals surface area contributed by atoms with E-state index in [1.54, 1.807) is 18.2 Å². The molecule has 2 atom stereocenters. The fraction of sp³-hybridized carbons (Fsp3) is 0.300. The third kappa shape index (κ3) is 1.42. The highest BCUT2D eigenvalue weighted by Crippen LogP contribution is 2.29. The average Bonchev–Trinajstić information content (AvgIpc) is 2.72. The number of aliphatic hydroxyl groups excluding tert-OH is 1. The highest BCUT2D eigenvalue weighted by Gasteiger charge is 2.29. The van der Waals surface area contributed by atoms with Crippen molar-refractivity contribution in [1.29, 1.82) is 0 Å². The molecule has 13 heavy (non-hydrogen) atoms. The molecule has 1 heterocycles. The summed E-state index contributed by atoms with van der Waals surface area (Å²) >= 11 is 0. The Morgan fingerprint density at radius 3 is 3.00 bits per heavy atom. The molecule has 0 saturated heterocycles. The van der Waals surface area contributed by atoms with Crippen molar-refractivity contribution in [3.05, 3.63) is 36.3 Å². The van der Waals surface area contributed by atoms with Gasteiger partial charge in [0, 0.05) is 0 Å². The van der Waals surface area contributed by atoms with Crippen molar-refractivity contribution >= 4 is 5.78 Å². The third-order valence-corrected chi connectivity index (χ3v) is 2.25. The molecule has 0 saturated carbocycles. The monoisotopic (exact) mass is 178 g/mol. The summed E-state index contributed by atoms with van der Waals surface area (Å²) in [6, 6.07) is 3.38. The van der Waals surface area contributed by atoms with Gasteiger partial charge >= 0.3 is 0 Å². The topological polar surface area (TPSA) is 50.4 Å². The summed E-state index contributed by atoms with van der Waals surface area (Å²) in [7, 11) is 0. The van der Waals surface area contributed by atoms with Gasteiger partial charge in [-0.3, -0.25) is 4.79 Å². The lowest BCUT2D eigenvalue weighted by atomic mass is 9.97. The van der Waals surface area contributed by atoms with Crippen molar-refractivity contribution < 1.29 is 14.3 Å². The van der Waals surface area contributed by atoms with Crippen molar-refractivity contribution in [2.75, 3.05) is 0 Å². The van der Waals surface area contributed by atoms with Crippen LogP contribution in [0.4, 0.5) is 0 Å². The van der Waals surface area contributed by atoms with Crippen LogP contribution in [0.25, 0.3) is 0 Å². The number of hydrogen-bond donors (Lipinski definition) is 1. The number of rotatable bonds is 2. The normalized spacial score (nSPS) is 23.8. The summed E-state index contributed by atoms with van der Waals surface area (Å²) in [6.45, 7) is 0. The smallest absolute Gasteiger partial charge is 0.161 e. The van der Waals surface area contributed by atoms with Crippen LogP contribution in [-0.4, -0.2) is 10.9 Å². The molecule has 0 aromatic carbocycles. The number of carbonyl (C=O) groups excluding carboxylic acids is 1. The van der Waals surface area contributed by atoms with Crippen LogP contribution >= 0.6 is 0 Å². The molecule has 1 aliphatic rings. The van der Waals surface area contributed by atoms with Crippen molar-refractivity contribution in [2.24, 2.45) is 5.92 Å². The lowest BCUT2D eigenvalue weighted by Crippen LogP contribution is -2.16. The van der Waals surface area contributed by atoms with Gasteiger partial charge in [-0.2, -0.15) is 0 Å². The second-order valence-corrected chi connectivity index (χ2v) is 3.11. The van der Waals surface area contributed by atoms with Crippen LogP contribution in [0.2, 0.25) is 0 Å². The van der Waals surface area contributed by atoms with E-state index in [4.69, 9.17) is 4.42 Å². The zero-order valence-electron chi connectivity index (χ0n) is 7.01. The van der Waals surface area contributed by atoms with Gasteiger partial charge in [0.15, 0.2) is 5.78 Å². The number of furan rings is 1. The van der Waals surface area contributed by atoms with Gasteiger partial charge in [-0.1, -0.05) is 6.08 Å². The van der Waals surface area contributed by atoms with E-state index in [1.165, 1.54) is 12.3 Å². The van der Waals surface area contributed by atoms with E-state index in [0.717, 1.165) is 0 Å². The highest BCUT2D eigenvalue weighted by atomic mass is 16.4. The lowest BCUT2D eigenvalue weighted by Gasteiger charge is -2.13. The van der Waals surface area contributed by atoms with Crippen LogP contribution in [0, 0.1) is 5.92 Å². The quantitative estimate of drug-likeness (QED) is 0.745. The SMILES string of the molecule is O=C1C=CC[C@H]1[C@H](O)c1ccco1. The number of aliphatic hydroxyl groups is 1. The molecule has 0 radical (unpaired) electrons. The van der Waals surface area contributed by atoms with Gasteiger partial charge in [-0.15, -0.1) is 0 Å². The van der Waals surface area contributed by atoms with Gasteiger partial charge < -0.3 is 9.52 Å². The Balaban J connectivity index is 2.14. The average molecular weight is 178 g/mol. The third-order valence-electron chi connectivity index (χ3n) is 2.25. The fourth-order valence-electron chi connectivity index (χ4n) is 1.51. The minimum atomic E-state index is -0.808. The summed E-state index contributed by atoms with van der Waals surface area (Å²) in [5.74, 6) is 0.0806. The van der Waals surface area contributed by atoms with Gasteiger partial charge in [0.2, 0.25) is 0 Å². The number of ketones is 1. The van der Waals surface area contributed by atoms with Crippen LogP contribution in [0.5, 0.6) is 0 Å². The van der Waals surface area contributed by atoms with Crippen LogP contribution in [0.3, 0.4) is 0 Å². The zero-order chi connectivity index (χ0) is 9.26. The highest BCUT2D eigenvalue weighted by molar-refractivity contribution is 5.94. The summed E-state index contributed by atoms with van der Waals surface area (Å²) in [6.07, 6.45) is 4.57. The molecule has 0 aliphatic heterocycles. The van der Waals surface area contributed by atoms with Gasteiger partial charge in [-0.25, -0.2) is 0 Å². The molecule has 1 N–H and O–H groups in total. The molecule has 0 bridgehead atoms. The Morgan fingerprint density at radius 2 is 2.46 bits per heavy atom. The molecule has 0 fully saturated rings. The van der Waals surface area contributed by atoms with E-state index in [2.05, 4.69) is 0 Å². The molecule has 3 nitrogen and oxygen atoms in total. The van der Waals surface area contributed by atoms with Crippen LogP contribution in [0.1, 0.15) is 18.3 Å². The molecule has 1 aliphatic carbocycles. The van der Waals surface area contributed by atoms with E-state index in [9.17, 15) is 9.90 Å². The molecule has 0 amide bonds. The Hall–Kier alpha value is -1.35. The maximum atomic E-state index is 11.2. The molecule has 68 valence electrons. The summed E-state index contributed by atoms with van der Waals surface area (Å²) < 4.78 is 5.03. The predicted octanol–water partition coefficient (Wildman–Crippen LogP) is 1.46. The molecule has 3 heteroatoms. The predicted molar refractivity (Wildman–Crippen MR) is 45.9 cm³/mol. The van der Waals surface area contributed by atoms with E-state index in [0.29, 0.717) is 12.2 Å². The first kappa shape index (κ1) is 8.26. The Labute approximate surface area is 75.7 Å². The summed E-state index contributed by atoms with van der Waals surface area (Å²) in [5.41, 5.74) is 0. The zero-order valence-corrected chi connectivity index (χ0v) is 7.01. The number of carbonyl (C=O) groups is 1. The lowest BCUT2D eigenvalue weighted by molar-refractivity contribution is -0.121. The summed E-state index contributed by atoms with van der Waals surface area (Å²) in [4.78, 5) is 11.2. The van der Waals surface area contributed by atoms with Crippen LogP contribution < -0.4 is 0 Å². The Kier molecular flexibility index (Phi) is 2.02. The maximum absolute atomic E-state index is 11.2. The maximum Gasteiger partial charge on any atom is 0.161 e. The summed E-state index contributed by atoms with van der Waals surface area (Å²) in [5, 5.41) is 9.72. The van der Waals surface area contributed by atoms with Gasteiger partial charge in [0.25, 0.3) is 0 Å². The van der Waals surface area contributed by atoms with E-state index in [-0.39, 0.29) is 11.7 Å². The van der Waals surface area contributed by atoms with Crippen LogP contribution in [0.15, 0.2) is 35.0 Å². The molecule has 0 spiro atoms. The largest absolute Gasteiger partial charge is 0.467 e. The molecular weight excluding hydrogens is 168 g/mol. The van der Waals surface area contributed by atoms with E-state index >= 15 is 0 Å². The van der Waals surface area contributed by atoms with Crippen LogP contribution in [-0.2, 0) is 4.79 Å². The van der Waals surface area contributed by atoms with E-state index in [1.807, 2.05) is 0 Å². The number of hydrogen-bond acceptors (Lipinski definition) is 3. The standard InChI is InChI=1S/C10H10O3/c11-8-4-1-3-7(8)10(12)9-5-2-6-13-9/h1-2,4-7,10,12H,3H2/t7-,10+/m1/s1. The molecule has 2 rings (SSSR count). The van der Waals surface area contributed by atoms with Gasteiger partial charge in [-0.05, 0) is 24.6 Å². The Morgan fingerprint density at radius 1 is 1.62 bits per heavy atom. The molecule has 0 unspecified atom stereocenters. The van der Waals surface area contributed by atoms with Gasteiger partial charge in [0.1, 0.15) is 11.9 Å². The van der Waals surface area contributed by atoms with Gasteiger partial charge in [0.05, 0.1) is 12.2 Å². The Bertz CT molecular complexity index is 324. The first-order chi connectivity index (χ1) is 6.29. The second kappa shape index (κ2) is 3.18.